The van der Waals surface area contributed by atoms with Crippen LogP contribution in [0, 0.1) is 0 Å². The van der Waals surface area contributed by atoms with Crippen LogP contribution >= 0.6 is 0 Å². The second-order valence-electron chi connectivity index (χ2n) is 9.59. The van der Waals surface area contributed by atoms with E-state index in [9.17, 15) is 0 Å². The smallest absolute Gasteiger partial charge is 0.0725 e. The van der Waals surface area contributed by atoms with Crippen molar-refractivity contribution in [3.8, 4) is 33.4 Å². The number of fused-ring (bicyclic) bond motifs is 10. The molecule has 1 nitrogen and oxygen atoms in total. The number of benzene rings is 5. The van der Waals surface area contributed by atoms with Crippen molar-refractivity contribution in [2.24, 2.45) is 0 Å². The molecule has 0 saturated carbocycles. The van der Waals surface area contributed by atoms with E-state index in [2.05, 4.69) is 134 Å². The second kappa shape index (κ2) is 6.95. The molecular weight excluding hydrogens is 410 g/mol. The van der Waals surface area contributed by atoms with E-state index >= 15 is 0 Å². The monoisotopic (exact) mass is 435 g/mol. The van der Waals surface area contributed by atoms with Gasteiger partial charge in [0.1, 0.15) is 0 Å². The standard InChI is InChI=1S/C33H25N/c1-34(2)24-11-9-10-22(20-24)23-18-19-32-28(21-23)27-14-5-8-17-31(27)33(32)29-15-6-3-12-25(29)26-13-4-7-16-30(26)33/h3-21H,1-2H3. The minimum atomic E-state index is -0.261. The molecule has 5 aromatic rings. The minimum Gasteiger partial charge on any atom is -0.378 e. The van der Waals surface area contributed by atoms with E-state index in [-0.39, 0.29) is 5.41 Å². The summed E-state index contributed by atoms with van der Waals surface area (Å²) in [6, 6.07) is 42.8. The van der Waals surface area contributed by atoms with Crippen LogP contribution in [0.4, 0.5) is 5.69 Å². The zero-order valence-corrected chi connectivity index (χ0v) is 19.4. The predicted octanol–water partition coefficient (Wildman–Crippen LogP) is 7.76. The molecule has 162 valence electrons. The number of nitrogens with zero attached hydrogens (tertiary/aromatic N) is 1. The SMILES string of the molecule is CN(C)c1cccc(-c2ccc3c(c2)-c2ccccc2C32c3ccccc3-c3ccccc32)c1. The summed E-state index contributed by atoms with van der Waals surface area (Å²) in [5, 5.41) is 0. The van der Waals surface area contributed by atoms with Gasteiger partial charge in [-0.2, -0.15) is 0 Å². The van der Waals surface area contributed by atoms with Crippen molar-refractivity contribution in [3.05, 3.63) is 138 Å². The molecule has 0 atom stereocenters. The fourth-order valence-electron chi connectivity index (χ4n) is 6.24. The minimum absolute atomic E-state index is 0.261. The van der Waals surface area contributed by atoms with Gasteiger partial charge in [-0.3, -0.25) is 0 Å². The van der Waals surface area contributed by atoms with E-state index in [1.807, 2.05) is 0 Å². The Hall–Kier alpha value is -4.10. The quantitative estimate of drug-likeness (QED) is 0.268. The molecule has 7 rings (SSSR count). The molecule has 1 heteroatoms. The summed E-state index contributed by atoms with van der Waals surface area (Å²) in [6.07, 6.45) is 0. The van der Waals surface area contributed by atoms with E-state index in [0.29, 0.717) is 0 Å². The third kappa shape index (κ3) is 2.39. The van der Waals surface area contributed by atoms with Gasteiger partial charge in [-0.25, -0.2) is 0 Å². The van der Waals surface area contributed by atoms with Crippen molar-refractivity contribution in [1.82, 2.24) is 0 Å². The van der Waals surface area contributed by atoms with Crippen LogP contribution in [0.5, 0.6) is 0 Å². The summed E-state index contributed by atoms with van der Waals surface area (Å²) in [5.74, 6) is 0. The van der Waals surface area contributed by atoms with Crippen LogP contribution in [0.1, 0.15) is 22.3 Å². The van der Waals surface area contributed by atoms with E-state index in [0.717, 1.165) is 0 Å². The first-order valence-electron chi connectivity index (χ1n) is 11.9. The summed E-state index contributed by atoms with van der Waals surface area (Å²) in [6.45, 7) is 0. The number of anilines is 1. The highest BCUT2D eigenvalue weighted by Gasteiger charge is 2.51. The highest BCUT2D eigenvalue weighted by Crippen LogP contribution is 2.62. The van der Waals surface area contributed by atoms with E-state index in [4.69, 9.17) is 0 Å². The van der Waals surface area contributed by atoms with Gasteiger partial charge in [0.25, 0.3) is 0 Å². The Morgan fingerprint density at radius 3 is 1.53 bits per heavy atom. The van der Waals surface area contributed by atoms with Crippen LogP contribution in [0.2, 0.25) is 0 Å². The second-order valence-corrected chi connectivity index (χ2v) is 9.59. The van der Waals surface area contributed by atoms with Gasteiger partial charge in [0.2, 0.25) is 0 Å². The number of hydrogen-bond donors (Lipinski definition) is 0. The molecular formula is C33H25N. The molecule has 0 aliphatic heterocycles. The van der Waals surface area contributed by atoms with Gasteiger partial charge in [-0.05, 0) is 73.8 Å². The molecule has 2 aliphatic carbocycles. The van der Waals surface area contributed by atoms with Crippen LogP contribution in [-0.4, -0.2) is 14.1 Å². The maximum absolute atomic E-state index is 2.40. The zero-order chi connectivity index (χ0) is 22.9. The lowest BCUT2D eigenvalue weighted by Gasteiger charge is -2.30. The zero-order valence-electron chi connectivity index (χ0n) is 19.4. The van der Waals surface area contributed by atoms with Crippen LogP contribution in [0.3, 0.4) is 0 Å². The highest BCUT2D eigenvalue weighted by molar-refractivity contribution is 5.96. The summed E-state index contributed by atoms with van der Waals surface area (Å²) >= 11 is 0. The highest BCUT2D eigenvalue weighted by atomic mass is 15.1. The van der Waals surface area contributed by atoms with E-state index in [1.54, 1.807) is 0 Å². The first-order chi connectivity index (χ1) is 16.7. The molecule has 0 aromatic heterocycles. The van der Waals surface area contributed by atoms with Crippen LogP contribution in [0.25, 0.3) is 33.4 Å². The Bertz CT molecular complexity index is 1540. The summed E-state index contributed by atoms with van der Waals surface area (Å²) in [7, 11) is 4.19. The third-order valence-corrected chi connectivity index (χ3v) is 7.69. The average molecular weight is 436 g/mol. The van der Waals surface area contributed by atoms with Crippen molar-refractivity contribution >= 4 is 5.69 Å². The van der Waals surface area contributed by atoms with Crippen LogP contribution in [0.15, 0.2) is 115 Å². The Balaban J connectivity index is 1.54. The molecule has 0 amide bonds. The molecule has 0 heterocycles. The third-order valence-electron chi connectivity index (χ3n) is 7.69. The fourth-order valence-corrected chi connectivity index (χ4v) is 6.24. The molecule has 0 unspecified atom stereocenters. The van der Waals surface area contributed by atoms with Crippen molar-refractivity contribution in [1.29, 1.82) is 0 Å². The maximum atomic E-state index is 2.40. The molecule has 0 N–H and O–H groups in total. The first-order valence-corrected chi connectivity index (χ1v) is 11.9. The van der Waals surface area contributed by atoms with Gasteiger partial charge in [-0.15, -0.1) is 0 Å². The molecule has 1 spiro atoms. The van der Waals surface area contributed by atoms with Crippen LogP contribution in [-0.2, 0) is 5.41 Å². The number of hydrogen-bond acceptors (Lipinski definition) is 1. The molecule has 0 bridgehead atoms. The Labute approximate surface area is 201 Å². The largest absolute Gasteiger partial charge is 0.378 e. The van der Waals surface area contributed by atoms with E-state index < -0.39 is 0 Å². The normalized spacial score (nSPS) is 13.8. The lowest BCUT2D eigenvalue weighted by molar-refractivity contribution is 0.794. The van der Waals surface area contributed by atoms with Gasteiger partial charge < -0.3 is 4.90 Å². The van der Waals surface area contributed by atoms with Gasteiger partial charge in [0.15, 0.2) is 0 Å². The number of rotatable bonds is 2. The van der Waals surface area contributed by atoms with Gasteiger partial charge in [-0.1, -0.05) is 97.1 Å². The van der Waals surface area contributed by atoms with E-state index in [1.165, 1.54) is 61.3 Å². The molecule has 34 heavy (non-hydrogen) atoms. The Morgan fingerprint density at radius 2 is 0.941 bits per heavy atom. The summed E-state index contributed by atoms with van der Waals surface area (Å²) < 4.78 is 0. The predicted molar refractivity (Wildman–Crippen MR) is 143 cm³/mol. The molecule has 0 saturated heterocycles. The van der Waals surface area contributed by atoms with Crippen molar-refractivity contribution in [3.63, 3.8) is 0 Å². The topological polar surface area (TPSA) is 3.24 Å². The van der Waals surface area contributed by atoms with Gasteiger partial charge in [0.05, 0.1) is 5.41 Å². The maximum Gasteiger partial charge on any atom is 0.0725 e. The average Bonchev–Trinajstić information content (AvgIpc) is 3.36. The van der Waals surface area contributed by atoms with Gasteiger partial charge >= 0.3 is 0 Å². The molecule has 5 aromatic carbocycles. The summed E-state index contributed by atoms with van der Waals surface area (Å²) in [5.41, 5.74) is 14.4. The lowest BCUT2D eigenvalue weighted by Crippen LogP contribution is -2.25. The Morgan fingerprint density at radius 1 is 0.441 bits per heavy atom. The summed E-state index contributed by atoms with van der Waals surface area (Å²) in [4.78, 5) is 2.16. The molecule has 0 radical (unpaired) electrons. The lowest BCUT2D eigenvalue weighted by atomic mass is 9.70. The van der Waals surface area contributed by atoms with Crippen molar-refractivity contribution < 1.29 is 0 Å². The Kier molecular flexibility index (Phi) is 3.96. The first kappa shape index (κ1) is 19.4. The van der Waals surface area contributed by atoms with Gasteiger partial charge in [0, 0.05) is 19.8 Å². The van der Waals surface area contributed by atoms with Crippen molar-refractivity contribution in [2.45, 2.75) is 5.41 Å². The molecule has 2 aliphatic rings. The van der Waals surface area contributed by atoms with Crippen molar-refractivity contribution in [2.75, 3.05) is 19.0 Å². The van der Waals surface area contributed by atoms with Crippen LogP contribution < -0.4 is 4.90 Å². The molecule has 0 fully saturated rings. The fraction of sp³-hybridized carbons (Fsp3) is 0.0909.